The Balaban J connectivity index is 2.12. The number of aliphatic imine (C=N–C) groups is 1. The first kappa shape index (κ1) is 19.1. The standard InChI is InChI=1S/C15H29F3N4/c1-2-3-4-5-6-7-9-20-14(19)21-13-8-10-22(11-13)12-15(16,17)18/h13H,2-12H2,1H3,(H3,19,20,21). The molecule has 4 nitrogen and oxygen atoms in total. The molecule has 130 valence electrons. The third-order valence-electron chi connectivity index (χ3n) is 3.82. The number of hydrogen-bond donors (Lipinski definition) is 2. The van der Waals surface area contributed by atoms with Crippen molar-refractivity contribution in [3.63, 3.8) is 0 Å². The number of nitrogens with two attached hydrogens (primary N) is 1. The van der Waals surface area contributed by atoms with Gasteiger partial charge in [-0.3, -0.25) is 9.89 Å². The third-order valence-corrected chi connectivity index (χ3v) is 3.82. The summed E-state index contributed by atoms with van der Waals surface area (Å²) in [6, 6.07) is -0.0318. The Hall–Kier alpha value is -0.980. The summed E-state index contributed by atoms with van der Waals surface area (Å²) in [6.07, 6.45) is 3.72. The number of likely N-dealkylation sites (tertiary alicyclic amines) is 1. The number of alkyl halides is 3. The number of nitrogens with one attached hydrogen (secondary N) is 1. The summed E-state index contributed by atoms with van der Waals surface area (Å²) in [6.45, 7) is 2.84. The zero-order chi connectivity index (χ0) is 16.4. The van der Waals surface area contributed by atoms with E-state index in [9.17, 15) is 13.2 Å². The van der Waals surface area contributed by atoms with Gasteiger partial charge in [0, 0.05) is 25.7 Å². The van der Waals surface area contributed by atoms with Crippen LogP contribution in [0.15, 0.2) is 4.99 Å². The average molecular weight is 322 g/mol. The smallest absolute Gasteiger partial charge is 0.370 e. The zero-order valence-corrected chi connectivity index (χ0v) is 13.5. The van der Waals surface area contributed by atoms with Crippen LogP contribution >= 0.6 is 0 Å². The first-order valence-corrected chi connectivity index (χ1v) is 8.26. The number of nitrogens with zero attached hydrogens (tertiary/aromatic N) is 2. The van der Waals surface area contributed by atoms with Gasteiger partial charge in [-0.2, -0.15) is 13.2 Å². The lowest BCUT2D eigenvalue weighted by atomic mass is 10.1. The van der Waals surface area contributed by atoms with Crippen LogP contribution in [0.2, 0.25) is 0 Å². The van der Waals surface area contributed by atoms with E-state index >= 15 is 0 Å². The van der Waals surface area contributed by atoms with E-state index in [0.29, 0.717) is 32.0 Å². The summed E-state index contributed by atoms with van der Waals surface area (Å²) in [5, 5.41) is 3.02. The number of hydrogen-bond acceptors (Lipinski definition) is 2. The lowest BCUT2D eigenvalue weighted by Gasteiger charge is -2.18. The second-order valence-corrected chi connectivity index (χ2v) is 6.01. The van der Waals surface area contributed by atoms with Crippen molar-refractivity contribution in [2.75, 3.05) is 26.2 Å². The molecule has 0 spiro atoms. The predicted molar refractivity (Wildman–Crippen MR) is 83.9 cm³/mol. The highest BCUT2D eigenvalue weighted by Gasteiger charge is 2.34. The molecular weight excluding hydrogens is 293 g/mol. The summed E-state index contributed by atoms with van der Waals surface area (Å²) in [5.41, 5.74) is 5.79. The summed E-state index contributed by atoms with van der Waals surface area (Å²) in [7, 11) is 0. The third kappa shape index (κ3) is 9.12. The highest BCUT2D eigenvalue weighted by atomic mass is 19.4. The molecule has 0 aromatic heterocycles. The SMILES string of the molecule is CCCCCCCCN=C(N)NC1CCN(CC(F)(F)F)C1. The number of rotatable bonds is 9. The van der Waals surface area contributed by atoms with Gasteiger partial charge in [0.2, 0.25) is 0 Å². The maximum Gasteiger partial charge on any atom is 0.401 e. The van der Waals surface area contributed by atoms with E-state index in [0.717, 1.165) is 12.8 Å². The predicted octanol–water partition coefficient (Wildman–Crippen LogP) is 2.89. The monoisotopic (exact) mass is 322 g/mol. The number of halogens is 3. The summed E-state index contributed by atoms with van der Waals surface area (Å²) in [5.74, 6) is 0.354. The van der Waals surface area contributed by atoms with Crippen LogP contribution in [0, 0.1) is 0 Å². The van der Waals surface area contributed by atoms with Crippen molar-refractivity contribution in [2.24, 2.45) is 10.7 Å². The molecule has 1 fully saturated rings. The second-order valence-electron chi connectivity index (χ2n) is 6.01. The molecule has 0 amide bonds. The van der Waals surface area contributed by atoms with E-state index in [1.54, 1.807) is 0 Å². The molecule has 1 heterocycles. The molecule has 1 aliphatic rings. The van der Waals surface area contributed by atoms with Crippen molar-refractivity contribution in [1.29, 1.82) is 0 Å². The minimum absolute atomic E-state index is 0.0318. The Kier molecular flexibility index (Phi) is 8.60. The van der Waals surface area contributed by atoms with Crippen LogP contribution in [0.1, 0.15) is 51.9 Å². The molecule has 3 N–H and O–H groups in total. The van der Waals surface area contributed by atoms with Gasteiger partial charge in [0.05, 0.1) is 6.54 Å². The van der Waals surface area contributed by atoms with Crippen LogP contribution < -0.4 is 11.1 Å². The Bertz CT molecular complexity index is 331. The molecule has 1 atom stereocenters. The molecule has 0 aliphatic carbocycles. The fourth-order valence-corrected chi connectivity index (χ4v) is 2.69. The first-order valence-electron chi connectivity index (χ1n) is 8.26. The molecule has 1 rings (SSSR count). The van der Waals surface area contributed by atoms with Crippen molar-refractivity contribution in [2.45, 2.75) is 64.1 Å². The molecule has 0 aromatic carbocycles. The Morgan fingerprint density at radius 2 is 1.91 bits per heavy atom. The molecule has 1 unspecified atom stereocenters. The fourth-order valence-electron chi connectivity index (χ4n) is 2.69. The maximum atomic E-state index is 12.3. The second kappa shape index (κ2) is 9.92. The number of unbranched alkanes of at least 4 members (excludes halogenated alkanes) is 5. The van der Waals surface area contributed by atoms with Crippen molar-refractivity contribution in [3.05, 3.63) is 0 Å². The minimum Gasteiger partial charge on any atom is -0.370 e. The van der Waals surface area contributed by atoms with Gasteiger partial charge >= 0.3 is 6.18 Å². The summed E-state index contributed by atoms with van der Waals surface area (Å²) < 4.78 is 36.9. The molecular formula is C15H29F3N4. The highest BCUT2D eigenvalue weighted by Crippen LogP contribution is 2.19. The fraction of sp³-hybridized carbons (Fsp3) is 0.933. The largest absolute Gasteiger partial charge is 0.401 e. The van der Waals surface area contributed by atoms with Crippen LogP contribution in [-0.2, 0) is 0 Å². The molecule has 0 bridgehead atoms. The molecule has 1 saturated heterocycles. The lowest BCUT2D eigenvalue weighted by Crippen LogP contribution is -2.42. The van der Waals surface area contributed by atoms with Crippen LogP contribution in [0.4, 0.5) is 13.2 Å². The van der Waals surface area contributed by atoms with Crippen molar-refractivity contribution in [3.8, 4) is 0 Å². The van der Waals surface area contributed by atoms with Gasteiger partial charge in [-0.05, 0) is 12.8 Å². The highest BCUT2D eigenvalue weighted by molar-refractivity contribution is 5.78. The summed E-state index contributed by atoms with van der Waals surface area (Å²) >= 11 is 0. The minimum atomic E-state index is -4.13. The molecule has 0 aromatic rings. The Morgan fingerprint density at radius 3 is 2.59 bits per heavy atom. The van der Waals surface area contributed by atoms with Crippen molar-refractivity contribution >= 4 is 5.96 Å². The molecule has 22 heavy (non-hydrogen) atoms. The van der Waals surface area contributed by atoms with E-state index in [4.69, 9.17) is 5.73 Å². The number of guanidine groups is 1. The van der Waals surface area contributed by atoms with Crippen LogP contribution in [0.25, 0.3) is 0 Å². The van der Waals surface area contributed by atoms with Gasteiger partial charge < -0.3 is 11.1 Å². The van der Waals surface area contributed by atoms with E-state index in [1.165, 1.54) is 30.6 Å². The van der Waals surface area contributed by atoms with Crippen LogP contribution in [-0.4, -0.2) is 49.3 Å². The van der Waals surface area contributed by atoms with Crippen LogP contribution in [0.3, 0.4) is 0 Å². The summed E-state index contributed by atoms with van der Waals surface area (Å²) in [4.78, 5) is 5.65. The van der Waals surface area contributed by atoms with Gasteiger partial charge in [-0.25, -0.2) is 0 Å². The lowest BCUT2D eigenvalue weighted by molar-refractivity contribution is -0.143. The molecule has 1 aliphatic heterocycles. The van der Waals surface area contributed by atoms with E-state index in [-0.39, 0.29) is 6.04 Å². The Labute approximate surface area is 131 Å². The van der Waals surface area contributed by atoms with Gasteiger partial charge in [-0.1, -0.05) is 39.0 Å². The Morgan fingerprint density at radius 1 is 1.23 bits per heavy atom. The first-order chi connectivity index (χ1) is 10.4. The van der Waals surface area contributed by atoms with Gasteiger partial charge in [-0.15, -0.1) is 0 Å². The van der Waals surface area contributed by atoms with Crippen LogP contribution in [0.5, 0.6) is 0 Å². The van der Waals surface area contributed by atoms with Crippen molar-refractivity contribution in [1.82, 2.24) is 10.2 Å². The van der Waals surface area contributed by atoms with Gasteiger partial charge in [0.1, 0.15) is 0 Å². The maximum absolute atomic E-state index is 12.3. The van der Waals surface area contributed by atoms with Gasteiger partial charge in [0.15, 0.2) is 5.96 Å². The van der Waals surface area contributed by atoms with E-state index in [2.05, 4.69) is 17.2 Å². The quantitative estimate of drug-likeness (QED) is 0.390. The molecule has 7 heteroatoms. The van der Waals surface area contributed by atoms with E-state index in [1.807, 2.05) is 0 Å². The average Bonchev–Trinajstić information content (AvgIpc) is 2.82. The van der Waals surface area contributed by atoms with E-state index < -0.39 is 12.7 Å². The van der Waals surface area contributed by atoms with Crippen molar-refractivity contribution < 1.29 is 13.2 Å². The topological polar surface area (TPSA) is 53.6 Å². The zero-order valence-electron chi connectivity index (χ0n) is 13.5. The molecule has 0 saturated carbocycles. The van der Waals surface area contributed by atoms with Gasteiger partial charge in [0.25, 0.3) is 0 Å². The molecule has 0 radical (unpaired) electrons. The normalized spacial score (nSPS) is 20.5.